The SMILES string of the molecule is Cc1ccc(NC(=O)Cc2cccs2)cc1-c1nc(S(C)(=O)=O)nc2c1ccc(=O)n2-c1c(F)cccc1F. The summed E-state index contributed by atoms with van der Waals surface area (Å²) in [6.07, 6.45) is 1.07. The van der Waals surface area contributed by atoms with Crippen LogP contribution in [0.3, 0.4) is 0 Å². The van der Waals surface area contributed by atoms with Gasteiger partial charge >= 0.3 is 0 Å². The van der Waals surface area contributed by atoms with Gasteiger partial charge in [-0.05, 0) is 54.3 Å². The second-order valence-corrected chi connectivity index (χ2v) is 11.7. The van der Waals surface area contributed by atoms with Gasteiger partial charge in [-0.1, -0.05) is 18.2 Å². The molecule has 0 bridgehead atoms. The van der Waals surface area contributed by atoms with Gasteiger partial charge in [-0.25, -0.2) is 22.2 Å². The molecule has 3 heterocycles. The predicted octanol–water partition coefficient (Wildman–Crippen LogP) is 4.68. The van der Waals surface area contributed by atoms with E-state index in [2.05, 4.69) is 15.3 Å². The standard InChI is InChI=1S/C27H20F2N4O4S2/c1-15-8-9-16(30-22(34)14-17-5-4-12-38-17)13-19(15)24-18-10-11-23(35)33(25-20(28)6-3-7-21(25)29)26(18)32-27(31-24)39(2,36)37/h3-13H,14H2,1-2H3,(H,30,34). The Hall–Kier alpha value is -4.29. The Morgan fingerprint density at radius 1 is 1.03 bits per heavy atom. The Morgan fingerprint density at radius 3 is 2.44 bits per heavy atom. The fraction of sp³-hybridized carbons (Fsp3) is 0.111. The van der Waals surface area contributed by atoms with Crippen molar-refractivity contribution in [1.29, 1.82) is 0 Å². The van der Waals surface area contributed by atoms with E-state index in [4.69, 9.17) is 0 Å². The first-order valence-corrected chi connectivity index (χ1v) is 14.3. The summed E-state index contributed by atoms with van der Waals surface area (Å²) in [5.41, 5.74) is -0.161. The molecule has 2 aromatic carbocycles. The minimum Gasteiger partial charge on any atom is -0.326 e. The molecule has 1 amide bonds. The van der Waals surface area contributed by atoms with Crippen LogP contribution in [-0.4, -0.2) is 35.1 Å². The third kappa shape index (κ3) is 5.20. The maximum atomic E-state index is 14.8. The van der Waals surface area contributed by atoms with Gasteiger partial charge < -0.3 is 5.32 Å². The molecule has 0 saturated carbocycles. The van der Waals surface area contributed by atoms with E-state index in [0.717, 1.165) is 35.4 Å². The summed E-state index contributed by atoms with van der Waals surface area (Å²) >= 11 is 1.46. The van der Waals surface area contributed by atoms with Gasteiger partial charge in [0.15, 0.2) is 5.65 Å². The van der Waals surface area contributed by atoms with E-state index in [1.807, 2.05) is 17.5 Å². The lowest BCUT2D eigenvalue weighted by Crippen LogP contribution is -2.22. The molecule has 1 N–H and O–H groups in total. The van der Waals surface area contributed by atoms with Crippen LogP contribution in [0.25, 0.3) is 28.0 Å². The van der Waals surface area contributed by atoms with Crippen LogP contribution in [0.15, 0.2) is 76.0 Å². The lowest BCUT2D eigenvalue weighted by Gasteiger charge is -2.16. The zero-order valence-electron chi connectivity index (χ0n) is 20.6. The van der Waals surface area contributed by atoms with Gasteiger partial charge in [0.2, 0.25) is 20.9 Å². The van der Waals surface area contributed by atoms with Crippen molar-refractivity contribution >= 4 is 43.8 Å². The molecular formula is C27H20F2N4O4S2. The third-order valence-corrected chi connectivity index (χ3v) is 7.64. The molecule has 0 fully saturated rings. The Kier molecular flexibility index (Phi) is 6.83. The zero-order valence-corrected chi connectivity index (χ0v) is 22.2. The topological polar surface area (TPSA) is 111 Å². The van der Waals surface area contributed by atoms with E-state index in [9.17, 15) is 26.8 Å². The smallest absolute Gasteiger partial charge is 0.256 e. The van der Waals surface area contributed by atoms with E-state index >= 15 is 0 Å². The Labute approximate surface area is 225 Å². The molecule has 0 radical (unpaired) electrons. The van der Waals surface area contributed by atoms with E-state index in [1.54, 1.807) is 25.1 Å². The number of fused-ring (bicyclic) bond motifs is 1. The first kappa shape index (κ1) is 26.3. The van der Waals surface area contributed by atoms with Gasteiger partial charge in [0.05, 0.1) is 12.1 Å². The van der Waals surface area contributed by atoms with Crippen molar-refractivity contribution in [1.82, 2.24) is 14.5 Å². The van der Waals surface area contributed by atoms with E-state index in [0.29, 0.717) is 21.4 Å². The quantitative estimate of drug-likeness (QED) is 0.299. The van der Waals surface area contributed by atoms with Crippen molar-refractivity contribution in [2.45, 2.75) is 18.5 Å². The summed E-state index contributed by atoms with van der Waals surface area (Å²) < 4.78 is 55.4. The Bertz CT molecular complexity index is 1900. The molecule has 5 rings (SSSR count). The van der Waals surface area contributed by atoms with Crippen LogP contribution in [0, 0.1) is 18.6 Å². The molecule has 198 valence electrons. The fourth-order valence-electron chi connectivity index (χ4n) is 4.12. The number of halogens is 2. The number of amides is 1. The number of aryl methyl sites for hydroxylation is 1. The molecular weight excluding hydrogens is 546 g/mol. The lowest BCUT2D eigenvalue weighted by molar-refractivity contribution is -0.115. The molecule has 0 unspecified atom stereocenters. The fourth-order valence-corrected chi connectivity index (χ4v) is 5.33. The summed E-state index contributed by atoms with van der Waals surface area (Å²) in [4.78, 5) is 34.7. The average molecular weight is 567 g/mol. The number of hydrogen-bond acceptors (Lipinski definition) is 7. The highest BCUT2D eigenvalue weighted by molar-refractivity contribution is 7.90. The maximum Gasteiger partial charge on any atom is 0.256 e. The maximum absolute atomic E-state index is 14.8. The van der Waals surface area contributed by atoms with Gasteiger partial charge in [-0.15, -0.1) is 11.3 Å². The summed E-state index contributed by atoms with van der Waals surface area (Å²) in [6, 6.07) is 14.3. The van der Waals surface area contributed by atoms with E-state index in [-0.39, 0.29) is 29.1 Å². The first-order valence-electron chi connectivity index (χ1n) is 11.5. The number of anilines is 1. The van der Waals surface area contributed by atoms with Crippen LogP contribution in [0.5, 0.6) is 0 Å². The number of carbonyl (C=O) groups is 1. The first-order chi connectivity index (χ1) is 18.5. The number of carbonyl (C=O) groups excluding carboxylic acids is 1. The van der Waals surface area contributed by atoms with Crippen molar-refractivity contribution in [2.75, 3.05) is 11.6 Å². The molecule has 0 atom stereocenters. The number of benzene rings is 2. The summed E-state index contributed by atoms with van der Waals surface area (Å²) in [6.45, 7) is 1.76. The summed E-state index contributed by atoms with van der Waals surface area (Å²) in [5, 5.41) is 4.24. The molecule has 0 aliphatic heterocycles. The number of rotatable bonds is 6. The Morgan fingerprint density at radius 2 is 1.77 bits per heavy atom. The van der Waals surface area contributed by atoms with Crippen molar-refractivity contribution in [3.63, 3.8) is 0 Å². The number of nitrogens with zero attached hydrogens (tertiary/aromatic N) is 3. The molecule has 12 heteroatoms. The van der Waals surface area contributed by atoms with Crippen molar-refractivity contribution in [2.24, 2.45) is 0 Å². The molecule has 5 aromatic rings. The highest BCUT2D eigenvalue weighted by atomic mass is 32.2. The summed E-state index contributed by atoms with van der Waals surface area (Å²) in [5.74, 6) is -2.31. The van der Waals surface area contributed by atoms with Crippen LogP contribution in [0.2, 0.25) is 0 Å². The normalized spacial score (nSPS) is 11.6. The molecule has 0 aliphatic carbocycles. The van der Waals surface area contributed by atoms with Crippen LogP contribution in [0.4, 0.5) is 14.5 Å². The molecule has 0 aliphatic rings. The number of para-hydroxylation sites is 1. The highest BCUT2D eigenvalue weighted by Gasteiger charge is 2.23. The van der Waals surface area contributed by atoms with Gasteiger partial charge in [-0.3, -0.25) is 14.2 Å². The minimum absolute atomic E-state index is 0.109. The number of aromatic nitrogens is 3. The predicted molar refractivity (Wildman–Crippen MR) is 145 cm³/mol. The van der Waals surface area contributed by atoms with Crippen molar-refractivity contribution in [3.8, 4) is 16.9 Å². The minimum atomic E-state index is -4.02. The number of sulfone groups is 1. The van der Waals surface area contributed by atoms with Crippen LogP contribution < -0.4 is 10.9 Å². The number of hydrogen-bond donors (Lipinski definition) is 1. The Balaban J connectivity index is 1.74. The number of thiophene rings is 1. The average Bonchev–Trinajstić information content (AvgIpc) is 3.38. The van der Waals surface area contributed by atoms with Crippen LogP contribution >= 0.6 is 11.3 Å². The largest absolute Gasteiger partial charge is 0.326 e. The molecule has 39 heavy (non-hydrogen) atoms. The monoisotopic (exact) mass is 566 g/mol. The second-order valence-electron chi connectivity index (χ2n) is 8.78. The second kappa shape index (κ2) is 10.1. The molecule has 8 nitrogen and oxygen atoms in total. The lowest BCUT2D eigenvalue weighted by atomic mass is 10.0. The van der Waals surface area contributed by atoms with E-state index < -0.39 is 37.9 Å². The van der Waals surface area contributed by atoms with Gasteiger partial charge in [0, 0.05) is 33.8 Å². The molecule has 3 aromatic heterocycles. The van der Waals surface area contributed by atoms with Gasteiger partial charge in [-0.2, -0.15) is 4.98 Å². The summed E-state index contributed by atoms with van der Waals surface area (Å²) in [7, 11) is -4.02. The number of nitrogens with one attached hydrogen (secondary N) is 1. The van der Waals surface area contributed by atoms with Crippen LogP contribution in [0.1, 0.15) is 10.4 Å². The molecule has 0 spiro atoms. The van der Waals surface area contributed by atoms with Crippen molar-refractivity contribution in [3.05, 3.63) is 98.5 Å². The van der Waals surface area contributed by atoms with E-state index in [1.165, 1.54) is 17.4 Å². The number of pyridine rings is 1. The van der Waals surface area contributed by atoms with Crippen LogP contribution in [-0.2, 0) is 21.1 Å². The zero-order chi connectivity index (χ0) is 27.9. The highest BCUT2D eigenvalue weighted by Crippen LogP contribution is 2.32. The van der Waals surface area contributed by atoms with Gasteiger partial charge in [0.25, 0.3) is 5.56 Å². The molecule has 0 saturated heterocycles. The van der Waals surface area contributed by atoms with Gasteiger partial charge in [0.1, 0.15) is 17.3 Å². The third-order valence-electron chi connectivity index (χ3n) is 5.91. The van der Waals surface area contributed by atoms with Crippen molar-refractivity contribution < 1.29 is 22.0 Å².